The predicted molar refractivity (Wildman–Crippen MR) is 50.2 cm³/mol. The molecule has 0 fully saturated rings. The summed E-state index contributed by atoms with van der Waals surface area (Å²) in [5.74, 6) is -0.735. The second-order valence-corrected chi connectivity index (χ2v) is 2.76. The molecule has 0 spiro atoms. The van der Waals surface area contributed by atoms with Crippen molar-refractivity contribution in [2.45, 2.75) is 6.42 Å². The number of carboxylic acid groups (broad SMARTS) is 1. The van der Waals surface area contributed by atoms with E-state index >= 15 is 0 Å². The van der Waals surface area contributed by atoms with Gasteiger partial charge in [-0.3, -0.25) is 9.59 Å². The van der Waals surface area contributed by atoms with Crippen LogP contribution in [0.4, 0.5) is 5.82 Å². The van der Waals surface area contributed by atoms with Crippen molar-refractivity contribution in [2.75, 3.05) is 11.9 Å². The van der Waals surface area contributed by atoms with Crippen LogP contribution in [0, 0.1) is 0 Å². The summed E-state index contributed by atoms with van der Waals surface area (Å²) >= 11 is 0. The number of rotatable bonds is 4. The molecule has 0 bridgehead atoms. The minimum atomic E-state index is -0.912. The molecule has 0 saturated heterocycles. The summed E-state index contributed by atoms with van der Waals surface area (Å²) < 4.78 is 1.37. The molecular formula is C8H11N3O3. The van der Waals surface area contributed by atoms with E-state index in [1.165, 1.54) is 17.0 Å². The van der Waals surface area contributed by atoms with Gasteiger partial charge in [-0.2, -0.15) is 0 Å². The van der Waals surface area contributed by atoms with Crippen LogP contribution in [0.5, 0.6) is 0 Å². The van der Waals surface area contributed by atoms with Crippen LogP contribution < -0.4 is 10.9 Å². The smallest absolute Gasteiger partial charge is 0.305 e. The first-order chi connectivity index (χ1) is 6.61. The molecule has 0 unspecified atom stereocenters. The van der Waals surface area contributed by atoms with E-state index in [1.54, 1.807) is 7.05 Å². The van der Waals surface area contributed by atoms with Crippen molar-refractivity contribution < 1.29 is 9.90 Å². The van der Waals surface area contributed by atoms with Crippen LogP contribution in [0.1, 0.15) is 6.42 Å². The van der Waals surface area contributed by atoms with E-state index < -0.39 is 5.97 Å². The Morgan fingerprint density at radius 3 is 3.07 bits per heavy atom. The molecule has 0 radical (unpaired) electrons. The highest BCUT2D eigenvalue weighted by atomic mass is 16.4. The number of aliphatic carboxylic acids is 1. The number of carboxylic acids is 1. The average Bonchev–Trinajstić information content (AvgIpc) is 2.12. The Balaban J connectivity index is 2.64. The molecule has 6 heteroatoms. The van der Waals surface area contributed by atoms with Crippen LogP contribution >= 0.6 is 0 Å². The third kappa shape index (κ3) is 2.58. The van der Waals surface area contributed by atoms with Gasteiger partial charge in [0.1, 0.15) is 0 Å². The van der Waals surface area contributed by atoms with E-state index in [0.717, 1.165) is 0 Å². The molecule has 0 amide bonds. The van der Waals surface area contributed by atoms with Gasteiger partial charge in [0.25, 0.3) is 5.56 Å². The molecule has 2 N–H and O–H groups in total. The number of carbonyl (C=O) groups is 1. The van der Waals surface area contributed by atoms with Gasteiger partial charge in [-0.1, -0.05) is 0 Å². The Morgan fingerprint density at radius 2 is 2.43 bits per heavy atom. The van der Waals surface area contributed by atoms with Crippen LogP contribution in [-0.2, 0) is 11.8 Å². The van der Waals surface area contributed by atoms with E-state index in [-0.39, 0.29) is 24.3 Å². The van der Waals surface area contributed by atoms with Gasteiger partial charge in [0, 0.05) is 26.0 Å². The first kappa shape index (κ1) is 10.2. The highest BCUT2D eigenvalue weighted by Crippen LogP contribution is 1.91. The monoisotopic (exact) mass is 197 g/mol. The maximum atomic E-state index is 11.3. The molecule has 0 aliphatic heterocycles. The van der Waals surface area contributed by atoms with E-state index in [4.69, 9.17) is 5.11 Å². The number of aryl methyl sites for hydroxylation is 1. The quantitative estimate of drug-likeness (QED) is 0.690. The van der Waals surface area contributed by atoms with Crippen molar-refractivity contribution in [2.24, 2.45) is 7.05 Å². The summed E-state index contributed by atoms with van der Waals surface area (Å²) in [5, 5.41) is 11.0. The van der Waals surface area contributed by atoms with Crippen molar-refractivity contribution in [3.8, 4) is 0 Å². The van der Waals surface area contributed by atoms with Crippen molar-refractivity contribution in [3.05, 3.63) is 22.7 Å². The topological polar surface area (TPSA) is 84.2 Å². The number of aromatic nitrogens is 2. The van der Waals surface area contributed by atoms with Crippen molar-refractivity contribution in [1.82, 2.24) is 9.55 Å². The van der Waals surface area contributed by atoms with Crippen molar-refractivity contribution in [3.63, 3.8) is 0 Å². The minimum Gasteiger partial charge on any atom is -0.481 e. The number of hydrogen-bond acceptors (Lipinski definition) is 4. The highest BCUT2D eigenvalue weighted by molar-refractivity contribution is 5.67. The zero-order chi connectivity index (χ0) is 10.6. The maximum absolute atomic E-state index is 11.3. The average molecular weight is 197 g/mol. The van der Waals surface area contributed by atoms with Gasteiger partial charge in [0.05, 0.1) is 6.42 Å². The van der Waals surface area contributed by atoms with Gasteiger partial charge >= 0.3 is 5.97 Å². The third-order valence-electron chi connectivity index (χ3n) is 1.65. The van der Waals surface area contributed by atoms with Gasteiger partial charge in [0.2, 0.25) is 0 Å². The second kappa shape index (κ2) is 4.40. The van der Waals surface area contributed by atoms with Gasteiger partial charge in [-0.05, 0) is 0 Å². The summed E-state index contributed by atoms with van der Waals surface area (Å²) in [7, 11) is 1.60. The molecule has 14 heavy (non-hydrogen) atoms. The van der Waals surface area contributed by atoms with E-state index in [1.807, 2.05) is 0 Å². The lowest BCUT2D eigenvalue weighted by Crippen LogP contribution is -2.23. The molecule has 76 valence electrons. The summed E-state index contributed by atoms with van der Waals surface area (Å²) in [5.41, 5.74) is -0.266. The van der Waals surface area contributed by atoms with Gasteiger partial charge < -0.3 is 15.0 Å². The Bertz CT molecular complexity index is 386. The molecular weight excluding hydrogens is 186 g/mol. The minimum absolute atomic E-state index is 0.0419. The van der Waals surface area contributed by atoms with Crippen molar-refractivity contribution in [1.29, 1.82) is 0 Å². The normalized spacial score (nSPS) is 9.79. The largest absolute Gasteiger partial charge is 0.481 e. The summed E-state index contributed by atoms with van der Waals surface area (Å²) in [6.45, 7) is 0.196. The Kier molecular flexibility index (Phi) is 3.22. The zero-order valence-electron chi connectivity index (χ0n) is 7.73. The highest BCUT2D eigenvalue weighted by Gasteiger charge is 2.02. The molecule has 0 aliphatic carbocycles. The fourth-order valence-corrected chi connectivity index (χ4v) is 0.907. The fourth-order valence-electron chi connectivity index (χ4n) is 0.907. The van der Waals surface area contributed by atoms with Crippen molar-refractivity contribution >= 4 is 11.8 Å². The molecule has 0 aromatic carbocycles. The summed E-state index contributed by atoms with van der Waals surface area (Å²) in [4.78, 5) is 25.3. The summed E-state index contributed by atoms with van der Waals surface area (Å²) in [6.07, 6.45) is 2.97. The lowest BCUT2D eigenvalue weighted by atomic mass is 10.4. The van der Waals surface area contributed by atoms with Crippen LogP contribution in [0.25, 0.3) is 0 Å². The van der Waals surface area contributed by atoms with Crippen LogP contribution in [0.15, 0.2) is 17.2 Å². The number of hydrogen-bond donors (Lipinski definition) is 2. The summed E-state index contributed by atoms with van der Waals surface area (Å²) in [6, 6.07) is 0. The molecule has 6 nitrogen and oxygen atoms in total. The van der Waals surface area contributed by atoms with E-state index in [9.17, 15) is 9.59 Å². The first-order valence-corrected chi connectivity index (χ1v) is 4.08. The molecule has 1 aromatic heterocycles. The lowest BCUT2D eigenvalue weighted by molar-refractivity contribution is -0.136. The van der Waals surface area contributed by atoms with Gasteiger partial charge in [-0.25, -0.2) is 4.98 Å². The zero-order valence-corrected chi connectivity index (χ0v) is 7.73. The predicted octanol–water partition coefficient (Wildman–Crippen LogP) is -0.333. The maximum Gasteiger partial charge on any atom is 0.305 e. The van der Waals surface area contributed by atoms with Crippen LogP contribution in [0.2, 0.25) is 0 Å². The number of anilines is 1. The Morgan fingerprint density at radius 1 is 1.71 bits per heavy atom. The molecule has 0 saturated carbocycles. The number of nitrogens with zero attached hydrogens (tertiary/aromatic N) is 2. The second-order valence-electron chi connectivity index (χ2n) is 2.76. The molecule has 1 rings (SSSR count). The van der Waals surface area contributed by atoms with Gasteiger partial charge in [-0.15, -0.1) is 0 Å². The van der Waals surface area contributed by atoms with Crippen LogP contribution in [-0.4, -0.2) is 27.2 Å². The van der Waals surface area contributed by atoms with Crippen LogP contribution in [0.3, 0.4) is 0 Å². The first-order valence-electron chi connectivity index (χ1n) is 4.08. The SMILES string of the molecule is Cn1ccnc(NCCC(=O)O)c1=O. The molecule has 0 atom stereocenters. The van der Waals surface area contributed by atoms with E-state index in [2.05, 4.69) is 10.3 Å². The molecule has 0 aliphatic rings. The fraction of sp³-hybridized carbons (Fsp3) is 0.375. The van der Waals surface area contributed by atoms with E-state index in [0.29, 0.717) is 0 Å². The lowest BCUT2D eigenvalue weighted by Gasteiger charge is -2.03. The molecule has 1 aromatic rings. The third-order valence-corrected chi connectivity index (χ3v) is 1.65. The Labute approximate surface area is 80.2 Å². The molecule has 1 heterocycles. The number of nitrogens with one attached hydrogen (secondary N) is 1. The Hall–Kier alpha value is -1.85. The standard InChI is InChI=1S/C8H11N3O3/c1-11-5-4-10-7(8(11)14)9-3-2-6(12)13/h4-5H,2-3H2,1H3,(H,9,10)(H,12,13). The van der Waals surface area contributed by atoms with Gasteiger partial charge in [0.15, 0.2) is 5.82 Å².